The number of anilines is 1. The number of aliphatic hydroxyl groups excluding tert-OH is 1. The number of amides is 1. The average Bonchev–Trinajstić information content (AvgIpc) is 3.00. The molecule has 0 spiro atoms. The minimum absolute atomic E-state index is 0.137. The maximum Gasteiger partial charge on any atom is 0.227 e. The standard InChI is InChI=1S/C17H21NO2/c1-2-14-12-13(6-5-11-19)9-10-16(14)18-17(20)15-7-3-4-8-15/h9-10,12,15,19H,2-4,7-8,11H2,1H3,(H,18,20). The number of nitrogens with one attached hydrogen (secondary N) is 1. The van der Waals surface area contributed by atoms with Gasteiger partial charge in [-0.25, -0.2) is 0 Å². The van der Waals surface area contributed by atoms with Crippen LogP contribution in [0.15, 0.2) is 18.2 Å². The van der Waals surface area contributed by atoms with Crippen molar-refractivity contribution >= 4 is 11.6 Å². The third-order valence-corrected chi connectivity index (χ3v) is 3.78. The van der Waals surface area contributed by atoms with Crippen LogP contribution >= 0.6 is 0 Å². The van der Waals surface area contributed by atoms with Crippen molar-refractivity contribution in [1.29, 1.82) is 0 Å². The zero-order valence-corrected chi connectivity index (χ0v) is 11.9. The highest BCUT2D eigenvalue weighted by molar-refractivity contribution is 5.93. The number of aliphatic hydroxyl groups is 1. The summed E-state index contributed by atoms with van der Waals surface area (Å²) in [5.74, 6) is 5.85. The number of hydrogen-bond donors (Lipinski definition) is 2. The number of rotatable bonds is 3. The highest BCUT2D eigenvalue weighted by Crippen LogP contribution is 2.27. The molecule has 2 N–H and O–H groups in total. The molecule has 106 valence electrons. The van der Waals surface area contributed by atoms with Crippen molar-refractivity contribution in [2.45, 2.75) is 39.0 Å². The fourth-order valence-corrected chi connectivity index (χ4v) is 2.65. The lowest BCUT2D eigenvalue weighted by atomic mass is 10.0. The van der Waals surface area contributed by atoms with E-state index in [4.69, 9.17) is 5.11 Å². The van der Waals surface area contributed by atoms with Gasteiger partial charge in [-0.1, -0.05) is 31.6 Å². The van der Waals surface area contributed by atoms with E-state index in [-0.39, 0.29) is 18.4 Å². The molecule has 2 rings (SSSR count). The Balaban J connectivity index is 2.12. The summed E-state index contributed by atoms with van der Waals surface area (Å²) in [5, 5.41) is 11.8. The van der Waals surface area contributed by atoms with Crippen LogP contribution in [0.2, 0.25) is 0 Å². The summed E-state index contributed by atoms with van der Waals surface area (Å²) in [5.41, 5.74) is 2.84. The maximum atomic E-state index is 12.2. The minimum atomic E-state index is -0.137. The lowest BCUT2D eigenvalue weighted by molar-refractivity contribution is -0.119. The van der Waals surface area contributed by atoms with Gasteiger partial charge in [0.15, 0.2) is 0 Å². The molecule has 1 aromatic rings. The molecule has 3 heteroatoms. The number of benzene rings is 1. The van der Waals surface area contributed by atoms with Crippen LogP contribution in [0.25, 0.3) is 0 Å². The Morgan fingerprint density at radius 3 is 2.80 bits per heavy atom. The molecule has 1 aliphatic carbocycles. The van der Waals surface area contributed by atoms with E-state index in [2.05, 4.69) is 24.1 Å². The van der Waals surface area contributed by atoms with Gasteiger partial charge < -0.3 is 10.4 Å². The van der Waals surface area contributed by atoms with E-state index in [0.29, 0.717) is 0 Å². The summed E-state index contributed by atoms with van der Waals surface area (Å²) < 4.78 is 0. The van der Waals surface area contributed by atoms with Gasteiger partial charge in [0.1, 0.15) is 6.61 Å². The summed E-state index contributed by atoms with van der Waals surface area (Å²) >= 11 is 0. The van der Waals surface area contributed by atoms with Crippen molar-refractivity contribution in [3.8, 4) is 11.8 Å². The van der Waals surface area contributed by atoms with Crippen molar-refractivity contribution in [3.63, 3.8) is 0 Å². The molecule has 0 aliphatic heterocycles. The Morgan fingerprint density at radius 1 is 1.40 bits per heavy atom. The molecular formula is C17H21NO2. The van der Waals surface area contributed by atoms with E-state index in [1.54, 1.807) is 0 Å². The van der Waals surface area contributed by atoms with Gasteiger partial charge in [-0.05, 0) is 43.0 Å². The van der Waals surface area contributed by atoms with Crippen LogP contribution in [0.1, 0.15) is 43.7 Å². The third kappa shape index (κ3) is 3.61. The van der Waals surface area contributed by atoms with E-state index in [9.17, 15) is 4.79 Å². The quantitative estimate of drug-likeness (QED) is 0.830. The van der Waals surface area contributed by atoms with Crippen molar-refractivity contribution in [2.24, 2.45) is 5.92 Å². The normalized spacial score (nSPS) is 14.7. The SMILES string of the molecule is CCc1cc(C#CCO)ccc1NC(=O)C1CCCC1. The van der Waals surface area contributed by atoms with Crippen LogP contribution in [0.5, 0.6) is 0 Å². The molecule has 1 saturated carbocycles. The fourth-order valence-electron chi connectivity index (χ4n) is 2.65. The maximum absolute atomic E-state index is 12.2. The summed E-state index contributed by atoms with van der Waals surface area (Å²) in [4.78, 5) is 12.2. The first-order valence-corrected chi connectivity index (χ1v) is 7.28. The Morgan fingerprint density at radius 2 is 2.15 bits per heavy atom. The van der Waals surface area contributed by atoms with Crippen LogP contribution < -0.4 is 5.32 Å². The third-order valence-electron chi connectivity index (χ3n) is 3.78. The highest BCUT2D eigenvalue weighted by Gasteiger charge is 2.23. The lowest BCUT2D eigenvalue weighted by Gasteiger charge is -2.13. The Bertz CT molecular complexity index is 534. The number of carbonyl (C=O) groups is 1. The van der Waals surface area contributed by atoms with Crippen molar-refractivity contribution in [3.05, 3.63) is 29.3 Å². The number of aryl methyl sites for hydroxylation is 1. The van der Waals surface area contributed by atoms with Gasteiger partial charge in [-0.3, -0.25) is 4.79 Å². The van der Waals surface area contributed by atoms with E-state index >= 15 is 0 Å². The fraction of sp³-hybridized carbons (Fsp3) is 0.471. The van der Waals surface area contributed by atoms with Crippen molar-refractivity contribution < 1.29 is 9.90 Å². The van der Waals surface area contributed by atoms with Gasteiger partial charge in [0.05, 0.1) is 0 Å². The predicted molar refractivity (Wildman–Crippen MR) is 80.4 cm³/mol. The van der Waals surface area contributed by atoms with Crippen LogP contribution in [0.3, 0.4) is 0 Å². The Hall–Kier alpha value is -1.79. The van der Waals surface area contributed by atoms with Crippen LogP contribution in [-0.4, -0.2) is 17.6 Å². The Kier molecular flexibility index (Phi) is 5.20. The van der Waals surface area contributed by atoms with Crippen LogP contribution in [0, 0.1) is 17.8 Å². The minimum Gasteiger partial charge on any atom is -0.384 e. The zero-order valence-electron chi connectivity index (χ0n) is 11.9. The van der Waals surface area contributed by atoms with Gasteiger partial charge in [0, 0.05) is 17.2 Å². The topological polar surface area (TPSA) is 49.3 Å². The van der Waals surface area contributed by atoms with Crippen molar-refractivity contribution in [2.75, 3.05) is 11.9 Å². The largest absolute Gasteiger partial charge is 0.384 e. The van der Waals surface area contributed by atoms with Gasteiger partial charge in [0.25, 0.3) is 0 Å². The first kappa shape index (κ1) is 14.6. The first-order chi connectivity index (χ1) is 9.74. The predicted octanol–water partition coefficient (Wildman–Crippen LogP) is 2.72. The molecule has 0 heterocycles. The van der Waals surface area contributed by atoms with Gasteiger partial charge in [-0.2, -0.15) is 0 Å². The zero-order chi connectivity index (χ0) is 14.4. The smallest absolute Gasteiger partial charge is 0.227 e. The molecule has 0 atom stereocenters. The van der Waals surface area contributed by atoms with Gasteiger partial charge >= 0.3 is 0 Å². The molecule has 20 heavy (non-hydrogen) atoms. The van der Waals surface area contributed by atoms with Gasteiger partial charge in [0.2, 0.25) is 5.91 Å². The lowest BCUT2D eigenvalue weighted by Crippen LogP contribution is -2.21. The number of hydrogen-bond acceptors (Lipinski definition) is 2. The number of carbonyl (C=O) groups excluding carboxylic acids is 1. The summed E-state index contributed by atoms with van der Waals surface area (Å²) in [6.07, 6.45) is 5.18. The van der Waals surface area contributed by atoms with Crippen LogP contribution in [-0.2, 0) is 11.2 Å². The molecule has 1 fully saturated rings. The molecule has 1 aromatic carbocycles. The van der Waals surface area contributed by atoms with E-state index in [0.717, 1.165) is 48.9 Å². The van der Waals surface area contributed by atoms with E-state index in [1.807, 2.05) is 18.2 Å². The van der Waals surface area contributed by atoms with Gasteiger partial charge in [-0.15, -0.1) is 0 Å². The summed E-state index contributed by atoms with van der Waals surface area (Å²) in [6, 6.07) is 5.77. The summed E-state index contributed by atoms with van der Waals surface area (Å²) in [6.45, 7) is 1.92. The van der Waals surface area contributed by atoms with E-state index < -0.39 is 0 Å². The molecular weight excluding hydrogens is 250 g/mol. The second-order valence-electron chi connectivity index (χ2n) is 5.16. The molecule has 0 radical (unpaired) electrons. The highest BCUT2D eigenvalue weighted by atomic mass is 16.2. The Labute approximate surface area is 120 Å². The molecule has 1 aliphatic rings. The summed E-state index contributed by atoms with van der Waals surface area (Å²) in [7, 11) is 0. The molecule has 0 aromatic heterocycles. The second-order valence-corrected chi connectivity index (χ2v) is 5.16. The molecule has 0 bridgehead atoms. The average molecular weight is 271 g/mol. The first-order valence-electron chi connectivity index (χ1n) is 7.28. The van der Waals surface area contributed by atoms with E-state index in [1.165, 1.54) is 0 Å². The molecule has 0 unspecified atom stereocenters. The molecule has 3 nitrogen and oxygen atoms in total. The van der Waals surface area contributed by atoms with Crippen LogP contribution in [0.4, 0.5) is 5.69 Å². The van der Waals surface area contributed by atoms with Crippen molar-refractivity contribution in [1.82, 2.24) is 0 Å². The monoisotopic (exact) mass is 271 g/mol. The molecule has 0 saturated heterocycles. The molecule has 1 amide bonds. The second kappa shape index (κ2) is 7.12.